The van der Waals surface area contributed by atoms with Crippen LogP contribution in [0.5, 0.6) is 0 Å². The molecule has 0 radical (unpaired) electrons. The minimum Gasteiger partial charge on any atom is -0.462 e. The first-order valence-electron chi connectivity index (χ1n) is 38.5. The number of phosphoric ester groups is 2. The first kappa shape index (κ1) is 94.0. The highest BCUT2D eigenvalue weighted by Crippen LogP contribution is 2.45. The zero-order valence-corrected chi connectivity index (χ0v) is 63.5. The maximum Gasteiger partial charge on any atom is 0.472 e. The molecule has 0 saturated carbocycles. The van der Waals surface area contributed by atoms with Crippen molar-refractivity contribution in [2.24, 2.45) is 0 Å². The second-order valence-electron chi connectivity index (χ2n) is 25.5. The van der Waals surface area contributed by atoms with Crippen molar-refractivity contribution in [2.75, 3.05) is 39.6 Å². The number of carbonyl (C=O) groups excluding carboxylic acids is 4. The molecule has 0 aromatic carbocycles. The molecule has 3 N–H and O–H groups in total. The monoisotopic (exact) mass is 1420 g/mol. The number of phosphoric acid groups is 2. The summed E-state index contributed by atoms with van der Waals surface area (Å²) in [7, 11) is -9.96. The molecule has 5 atom stereocenters. The summed E-state index contributed by atoms with van der Waals surface area (Å²) in [6.07, 6.45) is 74.0. The third-order valence-electron chi connectivity index (χ3n) is 16.0. The first-order valence-corrected chi connectivity index (χ1v) is 41.5. The van der Waals surface area contributed by atoms with E-state index in [1.54, 1.807) is 0 Å². The molecule has 0 fully saturated rings. The summed E-state index contributed by atoms with van der Waals surface area (Å²) < 4.78 is 68.4. The zero-order chi connectivity index (χ0) is 71.8. The van der Waals surface area contributed by atoms with Crippen LogP contribution >= 0.6 is 15.6 Å². The molecule has 0 aliphatic heterocycles. The number of carbonyl (C=O) groups is 4. The molecule has 17 nitrogen and oxygen atoms in total. The van der Waals surface area contributed by atoms with Crippen LogP contribution in [0.4, 0.5) is 0 Å². The predicted molar refractivity (Wildman–Crippen MR) is 399 cm³/mol. The van der Waals surface area contributed by atoms with Gasteiger partial charge in [-0.3, -0.25) is 37.3 Å². The van der Waals surface area contributed by atoms with Crippen LogP contribution in [0.2, 0.25) is 0 Å². The molecular weight excluding hydrogens is 1280 g/mol. The molecule has 0 heterocycles. The summed E-state index contributed by atoms with van der Waals surface area (Å²) in [5.74, 6) is -2.23. The second kappa shape index (κ2) is 71.4. The summed E-state index contributed by atoms with van der Waals surface area (Å²) in [6, 6.07) is 0. The van der Waals surface area contributed by atoms with Crippen LogP contribution in [0.3, 0.4) is 0 Å². The van der Waals surface area contributed by atoms with Gasteiger partial charge in [0.25, 0.3) is 0 Å². The lowest BCUT2D eigenvalue weighted by Crippen LogP contribution is -2.30. The van der Waals surface area contributed by atoms with Crippen LogP contribution in [0.1, 0.15) is 323 Å². The number of aliphatic hydroxyl groups is 1. The Bertz CT molecular complexity index is 2240. The molecule has 0 rings (SSSR count). The van der Waals surface area contributed by atoms with E-state index in [2.05, 4.69) is 125 Å². The Balaban J connectivity index is 5.38. The van der Waals surface area contributed by atoms with E-state index in [1.165, 1.54) is 89.9 Å². The molecule has 566 valence electrons. The second-order valence-corrected chi connectivity index (χ2v) is 28.4. The van der Waals surface area contributed by atoms with E-state index >= 15 is 0 Å². The third kappa shape index (κ3) is 70.4. The van der Waals surface area contributed by atoms with Gasteiger partial charge in [0.2, 0.25) is 0 Å². The summed E-state index contributed by atoms with van der Waals surface area (Å²) in [4.78, 5) is 72.8. The van der Waals surface area contributed by atoms with Crippen LogP contribution in [-0.2, 0) is 65.4 Å². The largest absolute Gasteiger partial charge is 0.472 e. The van der Waals surface area contributed by atoms with Crippen molar-refractivity contribution in [3.63, 3.8) is 0 Å². The Morgan fingerprint density at radius 2 is 0.531 bits per heavy atom. The normalized spacial score (nSPS) is 14.5. The van der Waals surface area contributed by atoms with Gasteiger partial charge in [0.1, 0.15) is 19.3 Å². The van der Waals surface area contributed by atoms with Gasteiger partial charge in [0.05, 0.1) is 26.4 Å². The van der Waals surface area contributed by atoms with Crippen LogP contribution in [-0.4, -0.2) is 96.7 Å². The minimum atomic E-state index is -4.98. The lowest BCUT2D eigenvalue weighted by molar-refractivity contribution is -0.161. The minimum absolute atomic E-state index is 0.0763. The molecule has 5 unspecified atom stereocenters. The number of hydrogen-bond acceptors (Lipinski definition) is 15. The predicted octanol–water partition coefficient (Wildman–Crippen LogP) is 22.0. The first-order chi connectivity index (χ1) is 47.7. The summed E-state index contributed by atoms with van der Waals surface area (Å²) >= 11 is 0. The number of rotatable bonds is 72. The molecule has 98 heavy (non-hydrogen) atoms. The molecule has 19 heteroatoms. The van der Waals surface area contributed by atoms with Gasteiger partial charge >= 0.3 is 39.5 Å². The van der Waals surface area contributed by atoms with Crippen molar-refractivity contribution < 1.29 is 80.2 Å². The average molecular weight is 1420 g/mol. The number of hydrogen-bond donors (Lipinski definition) is 3. The molecule has 0 spiro atoms. The molecule has 0 aliphatic rings. The van der Waals surface area contributed by atoms with E-state index in [4.69, 9.17) is 37.0 Å². The topological polar surface area (TPSA) is 237 Å². The van der Waals surface area contributed by atoms with E-state index in [0.29, 0.717) is 25.7 Å². The SMILES string of the molecule is CC/C=C\C/C=C\C/C=C\C/C=C\CCCCC(=O)OCC(COP(=O)(O)OCC(O)COP(=O)(O)OCC(COC(=O)CCCCCCC/C=C\C/C=C\C/C=C\CC)OC(=O)CCCCCCCCCCCCCCC)OC(=O)CCCCCCC/C=C\CCCCCCCC. The molecule has 0 saturated heterocycles. The number of allylic oxidation sites excluding steroid dienone is 16. The molecule has 0 aliphatic carbocycles. The van der Waals surface area contributed by atoms with Crippen molar-refractivity contribution in [3.05, 3.63) is 97.2 Å². The summed E-state index contributed by atoms with van der Waals surface area (Å²) in [5.41, 5.74) is 0. The molecule has 0 amide bonds. The molecule has 0 aromatic heterocycles. The van der Waals surface area contributed by atoms with Crippen molar-refractivity contribution in [1.82, 2.24) is 0 Å². The Morgan fingerprint density at radius 3 is 0.847 bits per heavy atom. The highest BCUT2D eigenvalue weighted by Gasteiger charge is 2.30. The van der Waals surface area contributed by atoms with Crippen molar-refractivity contribution in [2.45, 2.75) is 341 Å². The van der Waals surface area contributed by atoms with E-state index in [-0.39, 0.29) is 25.7 Å². The van der Waals surface area contributed by atoms with E-state index < -0.39 is 97.5 Å². The Kier molecular flexibility index (Phi) is 68.4. The fourth-order valence-electron chi connectivity index (χ4n) is 10.2. The highest BCUT2D eigenvalue weighted by atomic mass is 31.2. The third-order valence-corrected chi connectivity index (χ3v) is 17.9. The van der Waals surface area contributed by atoms with Gasteiger partial charge in [-0.2, -0.15) is 0 Å². The van der Waals surface area contributed by atoms with Crippen LogP contribution in [0.15, 0.2) is 97.2 Å². The smallest absolute Gasteiger partial charge is 0.462 e. The quantitative estimate of drug-likeness (QED) is 0.0169. The van der Waals surface area contributed by atoms with E-state index in [9.17, 15) is 43.2 Å². The number of esters is 4. The molecular formula is C79H138O17P2. The Morgan fingerprint density at radius 1 is 0.296 bits per heavy atom. The lowest BCUT2D eigenvalue weighted by Gasteiger charge is -2.21. The maximum atomic E-state index is 13.1. The van der Waals surface area contributed by atoms with Crippen molar-refractivity contribution in [1.29, 1.82) is 0 Å². The number of ether oxygens (including phenoxy) is 4. The Labute approximate surface area is 595 Å². The van der Waals surface area contributed by atoms with Gasteiger partial charge in [-0.25, -0.2) is 9.13 Å². The zero-order valence-electron chi connectivity index (χ0n) is 61.7. The standard InChI is InChI=1S/C79H138O17P2/c1-5-9-13-17-21-25-29-33-36-40-43-47-51-55-59-63-76(81)89-69-74(95-78(83)65-61-57-53-49-45-39-32-28-24-20-16-12-8-4)71-93-97(85,86)91-67-73(80)68-92-98(87,88)94-72-75(96-79(84)66-62-58-54-50-46-42-38-35-31-27-23-19-15-11-7-3)70-90-77(82)64-60-56-52-48-44-41-37-34-30-26-22-18-14-10-6-2/h9-10,13-14,21-22,25-26,33-38,44,48,73-75,80H,5-8,11-12,15-20,23-24,27-32,39-43,45-47,49-72H2,1-4H3,(H,85,86)(H,87,88)/b13-9-,14-10-,25-21-,26-22-,36-33-,37-34-,38-35-,48-44-. The number of unbranched alkanes of at least 4 members (excludes halogenated alkanes) is 30. The van der Waals surface area contributed by atoms with Gasteiger partial charge < -0.3 is 33.8 Å². The number of aliphatic hydroxyl groups excluding tert-OH is 1. The van der Waals surface area contributed by atoms with Crippen LogP contribution in [0.25, 0.3) is 0 Å². The fraction of sp³-hybridized carbons (Fsp3) is 0.747. The fourth-order valence-corrected chi connectivity index (χ4v) is 11.8. The maximum absolute atomic E-state index is 13.1. The summed E-state index contributed by atoms with van der Waals surface area (Å²) in [6.45, 7) is 4.59. The van der Waals surface area contributed by atoms with E-state index in [1.807, 2.05) is 0 Å². The summed E-state index contributed by atoms with van der Waals surface area (Å²) in [5, 5.41) is 10.6. The van der Waals surface area contributed by atoms with Crippen molar-refractivity contribution >= 4 is 39.5 Å². The van der Waals surface area contributed by atoms with E-state index in [0.717, 1.165) is 154 Å². The van der Waals surface area contributed by atoms with Crippen LogP contribution in [0, 0.1) is 0 Å². The molecule has 0 aromatic rings. The lowest BCUT2D eigenvalue weighted by atomic mass is 10.0. The van der Waals surface area contributed by atoms with Gasteiger partial charge in [0, 0.05) is 25.7 Å². The Hall–Kier alpha value is -4.02. The average Bonchev–Trinajstić information content (AvgIpc) is 1.04. The van der Waals surface area contributed by atoms with Crippen molar-refractivity contribution in [3.8, 4) is 0 Å². The van der Waals surface area contributed by atoms with Gasteiger partial charge in [-0.15, -0.1) is 0 Å². The van der Waals surface area contributed by atoms with Crippen LogP contribution < -0.4 is 0 Å². The van der Waals surface area contributed by atoms with Gasteiger partial charge in [0.15, 0.2) is 12.2 Å². The highest BCUT2D eigenvalue weighted by molar-refractivity contribution is 7.47. The van der Waals surface area contributed by atoms with Gasteiger partial charge in [-0.1, -0.05) is 273 Å². The molecule has 0 bridgehead atoms. The van der Waals surface area contributed by atoms with Gasteiger partial charge in [-0.05, 0) is 122 Å².